The largest absolute Gasteiger partial charge is 0.479 e. The molecule has 110 valence electrons. The Bertz CT molecular complexity index is 601. The van der Waals surface area contributed by atoms with Gasteiger partial charge < -0.3 is 15.3 Å². The molecule has 0 radical (unpaired) electrons. The zero-order valence-electron chi connectivity index (χ0n) is 11.4. The molecule has 21 heavy (non-hydrogen) atoms. The van der Waals surface area contributed by atoms with E-state index in [1.807, 2.05) is 0 Å². The Labute approximate surface area is 126 Å². The number of nitrogens with zero attached hydrogens (tertiary/aromatic N) is 2. The summed E-state index contributed by atoms with van der Waals surface area (Å²) in [6.45, 7) is 0.380. The van der Waals surface area contributed by atoms with E-state index in [1.165, 1.54) is 16.2 Å². The van der Waals surface area contributed by atoms with Crippen LogP contribution in [0, 0.1) is 0 Å². The molecule has 2 rings (SSSR count). The minimum absolute atomic E-state index is 0.380. The van der Waals surface area contributed by atoms with Gasteiger partial charge >= 0.3 is 12.0 Å². The molecule has 2 heterocycles. The molecular formula is C14H15N3O3S. The SMILES string of the molecule is CN(Cc1ccncc1)C(=O)NC(C(=O)O)c1cccs1. The molecule has 0 saturated carbocycles. The van der Waals surface area contributed by atoms with E-state index in [0.717, 1.165) is 5.56 Å². The Morgan fingerprint density at radius 1 is 1.38 bits per heavy atom. The number of rotatable bonds is 5. The van der Waals surface area contributed by atoms with Gasteiger partial charge in [-0.25, -0.2) is 9.59 Å². The number of carboxylic acids is 1. The zero-order valence-corrected chi connectivity index (χ0v) is 12.2. The van der Waals surface area contributed by atoms with Crippen molar-refractivity contribution in [2.75, 3.05) is 7.05 Å². The summed E-state index contributed by atoms with van der Waals surface area (Å²) in [6.07, 6.45) is 3.29. The van der Waals surface area contributed by atoms with E-state index in [1.54, 1.807) is 49.1 Å². The normalized spacial score (nSPS) is 11.7. The second-order valence-electron chi connectivity index (χ2n) is 4.45. The van der Waals surface area contributed by atoms with Crippen molar-refractivity contribution in [3.05, 3.63) is 52.5 Å². The van der Waals surface area contributed by atoms with Crippen molar-refractivity contribution >= 4 is 23.3 Å². The fourth-order valence-electron chi connectivity index (χ4n) is 1.78. The molecule has 0 aliphatic heterocycles. The summed E-state index contributed by atoms with van der Waals surface area (Å²) in [5.41, 5.74) is 0.922. The van der Waals surface area contributed by atoms with Gasteiger partial charge in [0, 0.05) is 30.9 Å². The molecule has 2 aromatic heterocycles. The Morgan fingerprint density at radius 2 is 2.10 bits per heavy atom. The molecule has 1 unspecified atom stereocenters. The third-order valence-electron chi connectivity index (χ3n) is 2.86. The molecule has 0 aromatic carbocycles. The first-order chi connectivity index (χ1) is 10.1. The summed E-state index contributed by atoms with van der Waals surface area (Å²) in [5, 5.41) is 13.5. The molecule has 0 aliphatic carbocycles. The highest BCUT2D eigenvalue weighted by molar-refractivity contribution is 7.10. The highest BCUT2D eigenvalue weighted by Crippen LogP contribution is 2.19. The van der Waals surface area contributed by atoms with Crippen molar-refractivity contribution in [2.24, 2.45) is 0 Å². The second-order valence-corrected chi connectivity index (χ2v) is 5.43. The predicted molar refractivity (Wildman–Crippen MR) is 78.9 cm³/mol. The number of nitrogens with one attached hydrogen (secondary N) is 1. The number of pyridine rings is 1. The standard InChI is InChI=1S/C14H15N3O3S/c1-17(9-10-4-6-15-7-5-10)14(20)16-12(13(18)19)11-3-2-8-21-11/h2-8,12H,9H2,1H3,(H,16,20)(H,18,19). The van der Waals surface area contributed by atoms with Gasteiger partial charge in [-0.1, -0.05) is 6.07 Å². The first-order valence-electron chi connectivity index (χ1n) is 6.24. The summed E-state index contributed by atoms with van der Waals surface area (Å²) in [5.74, 6) is -1.08. The summed E-state index contributed by atoms with van der Waals surface area (Å²) < 4.78 is 0. The maximum absolute atomic E-state index is 12.1. The van der Waals surface area contributed by atoms with Crippen LogP contribution in [0.4, 0.5) is 4.79 Å². The molecule has 2 aromatic rings. The van der Waals surface area contributed by atoms with E-state index in [2.05, 4.69) is 10.3 Å². The lowest BCUT2D eigenvalue weighted by Crippen LogP contribution is -2.41. The number of carbonyl (C=O) groups is 2. The third-order valence-corrected chi connectivity index (χ3v) is 3.80. The van der Waals surface area contributed by atoms with Gasteiger partial charge in [-0.2, -0.15) is 0 Å². The molecule has 6 nitrogen and oxygen atoms in total. The lowest BCUT2D eigenvalue weighted by molar-refractivity contribution is -0.139. The van der Waals surface area contributed by atoms with Crippen LogP contribution in [0.15, 0.2) is 42.0 Å². The van der Waals surface area contributed by atoms with Crippen LogP contribution in [0.25, 0.3) is 0 Å². The first-order valence-corrected chi connectivity index (χ1v) is 7.12. The van der Waals surface area contributed by atoms with Crippen molar-refractivity contribution in [1.82, 2.24) is 15.2 Å². The van der Waals surface area contributed by atoms with E-state index in [4.69, 9.17) is 0 Å². The number of carbonyl (C=O) groups excluding carboxylic acids is 1. The van der Waals surface area contributed by atoms with Gasteiger partial charge in [0.2, 0.25) is 0 Å². The van der Waals surface area contributed by atoms with Crippen molar-refractivity contribution in [1.29, 1.82) is 0 Å². The molecule has 2 amide bonds. The maximum Gasteiger partial charge on any atom is 0.331 e. The van der Waals surface area contributed by atoms with Gasteiger partial charge in [0.15, 0.2) is 6.04 Å². The highest BCUT2D eigenvalue weighted by atomic mass is 32.1. The van der Waals surface area contributed by atoms with Gasteiger partial charge in [-0.15, -0.1) is 11.3 Å². The maximum atomic E-state index is 12.1. The van der Waals surface area contributed by atoms with Crippen molar-refractivity contribution in [2.45, 2.75) is 12.6 Å². The van der Waals surface area contributed by atoms with Crippen LogP contribution in [0.3, 0.4) is 0 Å². The van der Waals surface area contributed by atoms with Gasteiger partial charge in [0.1, 0.15) is 0 Å². The van der Waals surface area contributed by atoms with Crippen LogP contribution < -0.4 is 5.32 Å². The Balaban J connectivity index is 2.00. The highest BCUT2D eigenvalue weighted by Gasteiger charge is 2.24. The summed E-state index contributed by atoms with van der Waals surface area (Å²) >= 11 is 1.29. The van der Waals surface area contributed by atoms with E-state index in [0.29, 0.717) is 11.4 Å². The van der Waals surface area contributed by atoms with Crippen LogP contribution in [0.1, 0.15) is 16.5 Å². The lowest BCUT2D eigenvalue weighted by atomic mass is 10.2. The van der Waals surface area contributed by atoms with Gasteiger partial charge in [-0.05, 0) is 29.1 Å². The Morgan fingerprint density at radius 3 is 2.67 bits per heavy atom. The van der Waals surface area contributed by atoms with Gasteiger partial charge in [-0.3, -0.25) is 4.98 Å². The van der Waals surface area contributed by atoms with Crippen molar-refractivity contribution < 1.29 is 14.7 Å². The van der Waals surface area contributed by atoms with Crippen LogP contribution in [0.5, 0.6) is 0 Å². The first kappa shape index (κ1) is 15.0. The molecule has 0 bridgehead atoms. The number of amides is 2. The van der Waals surface area contributed by atoms with Gasteiger partial charge in [0.25, 0.3) is 0 Å². The molecule has 7 heteroatoms. The second kappa shape index (κ2) is 6.85. The van der Waals surface area contributed by atoms with Crippen LogP contribution in [-0.2, 0) is 11.3 Å². The predicted octanol–water partition coefficient (Wildman–Crippen LogP) is 2.11. The Kier molecular flexibility index (Phi) is 4.89. The quantitative estimate of drug-likeness (QED) is 0.886. The van der Waals surface area contributed by atoms with Crippen LogP contribution in [0.2, 0.25) is 0 Å². The fraction of sp³-hybridized carbons (Fsp3) is 0.214. The number of hydrogen-bond donors (Lipinski definition) is 2. The number of carboxylic acid groups (broad SMARTS) is 1. The van der Waals surface area contributed by atoms with E-state index >= 15 is 0 Å². The fourth-order valence-corrected chi connectivity index (χ4v) is 2.54. The smallest absolute Gasteiger partial charge is 0.331 e. The molecule has 0 saturated heterocycles. The van der Waals surface area contributed by atoms with Crippen LogP contribution in [-0.4, -0.2) is 34.0 Å². The molecule has 0 aliphatic rings. The summed E-state index contributed by atoms with van der Waals surface area (Å²) in [7, 11) is 1.61. The average Bonchev–Trinajstić information content (AvgIpc) is 2.99. The molecule has 0 fully saturated rings. The average molecular weight is 305 g/mol. The molecule has 0 spiro atoms. The zero-order chi connectivity index (χ0) is 15.2. The number of hydrogen-bond acceptors (Lipinski definition) is 4. The minimum Gasteiger partial charge on any atom is -0.479 e. The summed E-state index contributed by atoms with van der Waals surface area (Å²) in [6, 6.07) is 5.58. The van der Waals surface area contributed by atoms with E-state index in [-0.39, 0.29) is 0 Å². The summed E-state index contributed by atoms with van der Waals surface area (Å²) in [4.78, 5) is 29.3. The monoisotopic (exact) mass is 305 g/mol. The van der Waals surface area contributed by atoms with E-state index < -0.39 is 18.0 Å². The lowest BCUT2D eigenvalue weighted by Gasteiger charge is -2.21. The van der Waals surface area contributed by atoms with Crippen LogP contribution >= 0.6 is 11.3 Å². The molecular weight excluding hydrogens is 290 g/mol. The van der Waals surface area contributed by atoms with Crippen molar-refractivity contribution in [3.8, 4) is 0 Å². The minimum atomic E-state index is -1.08. The third kappa shape index (κ3) is 4.03. The molecule has 1 atom stereocenters. The number of urea groups is 1. The van der Waals surface area contributed by atoms with E-state index in [9.17, 15) is 14.7 Å². The Hall–Kier alpha value is -2.41. The van der Waals surface area contributed by atoms with Gasteiger partial charge in [0.05, 0.1) is 0 Å². The number of thiophene rings is 1. The topological polar surface area (TPSA) is 82.5 Å². The number of aromatic nitrogens is 1. The van der Waals surface area contributed by atoms with Crippen molar-refractivity contribution in [3.63, 3.8) is 0 Å². The molecule has 2 N–H and O–H groups in total. The number of aliphatic carboxylic acids is 1.